The molecule has 0 atom stereocenters. The molecular weight excluding hydrogens is 212 g/mol. The van der Waals surface area contributed by atoms with Gasteiger partial charge in [0.15, 0.2) is 0 Å². The van der Waals surface area contributed by atoms with Crippen molar-refractivity contribution in [1.29, 1.82) is 0 Å². The smallest absolute Gasteiger partial charge is 0.340 e. The Morgan fingerprint density at radius 2 is 1.93 bits per heavy atom. The predicted octanol–water partition coefficient (Wildman–Crippen LogP) is -0.0898. The lowest BCUT2D eigenvalue weighted by atomic mass is 10.4. The zero-order valence-corrected chi connectivity index (χ0v) is 8.33. The van der Waals surface area contributed by atoms with E-state index in [1.807, 2.05) is 0 Å². The van der Waals surface area contributed by atoms with Crippen molar-refractivity contribution in [2.75, 3.05) is 5.75 Å². The van der Waals surface area contributed by atoms with Crippen molar-refractivity contribution < 1.29 is 27.3 Å². The number of hydrogen-bond donors (Lipinski definition) is 1. The summed E-state index contributed by atoms with van der Waals surface area (Å²) in [6, 6.07) is 0. The maximum atomic E-state index is 10.7. The van der Waals surface area contributed by atoms with Gasteiger partial charge in [0.05, 0.1) is 12.2 Å². The first-order valence-corrected chi connectivity index (χ1v) is 5.19. The molecule has 0 amide bonds. The van der Waals surface area contributed by atoms with E-state index >= 15 is 0 Å². The number of carbonyl (C=O) groups is 2. The van der Waals surface area contributed by atoms with E-state index in [1.54, 1.807) is 0 Å². The van der Waals surface area contributed by atoms with E-state index < -0.39 is 34.2 Å². The summed E-state index contributed by atoms with van der Waals surface area (Å²) in [6.07, 6.45) is -0.572. The summed E-state index contributed by atoms with van der Waals surface area (Å²) in [5.74, 6) is -2.70. The van der Waals surface area contributed by atoms with Crippen LogP contribution in [0.2, 0.25) is 0 Å². The Bertz CT molecular complexity index is 352. The van der Waals surface area contributed by atoms with Gasteiger partial charge in [-0.2, -0.15) is 8.42 Å². The van der Waals surface area contributed by atoms with Crippen LogP contribution in [0, 0.1) is 0 Å². The minimum atomic E-state index is -4.21. The lowest BCUT2D eigenvalue weighted by Crippen LogP contribution is -2.16. The van der Waals surface area contributed by atoms with Gasteiger partial charge in [-0.1, -0.05) is 6.58 Å². The molecule has 0 aromatic heterocycles. The van der Waals surface area contributed by atoms with Crippen molar-refractivity contribution in [2.45, 2.75) is 13.3 Å². The largest absolute Gasteiger partial charge is 0.390 e. The molecule has 0 aliphatic carbocycles. The highest BCUT2D eigenvalue weighted by atomic mass is 32.2. The molecule has 0 radical (unpaired) electrons. The van der Waals surface area contributed by atoms with Crippen molar-refractivity contribution in [3.05, 3.63) is 12.2 Å². The Morgan fingerprint density at radius 1 is 1.43 bits per heavy atom. The fourth-order valence-corrected chi connectivity index (χ4v) is 0.878. The highest BCUT2D eigenvalue weighted by Crippen LogP contribution is 1.97. The Hall–Kier alpha value is -1.21. The van der Waals surface area contributed by atoms with E-state index in [9.17, 15) is 18.0 Å². The summed E-state index contributed by atoms with van der Waals surface area (Å²) in [7, 11) is -4.21. The lowest BCUT2D eigenvalue weighted by Gasteiger charge is -2.00. The molecule has 7 heteroatoms. The molecule has 0 aromatic carbocycles. The van der Waals surface area contributed by atoms with Gasteiger partial charge < -0.3 is 4.74 Å². The van der Waals surface area contributed by atoms with Gasteiger partial charge in [-0.05, 0) is 6.92 Å². The first-order valence-electron chi connectivity index (χ1n) is 3.58. The van der Waals surface area contributed by atoms with E-state index in [4.69, 9.17) is 4.55 Å². The normalized spacial score (nSPS) is 10.7. The van der Waals surface area contributed by atoms with Crippen LogP contribution >= 0.6 is 0 Å². The number of esters is 2. The number of ether oxygens (including phenoxy) is 1. The molecular formula is C7H10O6S. The van der Waals surface area contributed by atoms with Crippen LogP contribution in [0.4, 0.5) is 0 Å². The molecule has 0 heterocycles. The van der Waals surface area contributed by atoms with E-state index in [0.717, 1.165) is 0 Å². The van der Waals surface area contributed by atoms with Gasteiger partial charge in [-0.3, -0.25) is 9.35 Å². The molecule has 0 rings (SSSR count). The third-order valence-electron chi connectivity index (χ3n) is 1.12. The summed E-state index contributed by atoms with van der Waals surface area (Å²) in [5.41, 5.74) is 0.0326. The van der Waals surface area contributed by atoms with E-state index in [0.29, 0.717) is 0 Å². The van der Waals surface area contributed by atoms with E-state index in [2.05, 4.69) is 11.3 Å². The minimum Gasteiger partial charge on any atom is -0.390 e. The molecule has 0 aliphatic heterocycles. The molecule has 0 aliphatic rings. The standard InChI is InChI=1S/C7H10O6S/c1-5(2)7(9)13-6(8)3-4-14(10,11)12/h1,3-4H2,2H3,(H,10,11,12). The topological polar surface area (TPSA) is 97.7 Å². The Morgan fingerprint density at radius 3 is 2.29 bits per heavy atom. The third kappa shape index (κ3) is 6.32. The zero-order chi connectivity index (χ0) is 11.4. The van der Waals surface area contributed by atoms with Gasteiger partial charge >= 0.3 is 11.9 Å². The van der Waals surface area contributed by atoms with Crippen LogP contribution in [0.15, 0.2) is 12.2 Å². The Balaban J connectivity index is 4.01. The van der Waals surface area contributed by atoms with E-state index in [1.165, 1.54) is 6.92 Å². The molecule has 80 valence electrons. The molecule has 0 fully saturated rings. The van der Waals surface area contributed by atoms with Crippen molar-refractivity contribution in [1.82, 2.24) is 0 Å². The molecule has 0 saturated carbocycles. The van der Waals surface area contributed by atoms with Crippen molar-refractivity contribution in [3.8, 4) is 0 Å². The molecule has 6 nitrogen and oxygen atoms in total. The SMILES string of the molecule is C=C(C)C(=O)OC(=O)CCS(=O)(=O)O. The van der Waals surface area contributed by atoms with Crippen LogP contribution in [0.25, 0.3) is 0 Å². The quantitative estimate of drug-likeness (QED) is 0.309. The van der Waals surface area contributed by atoms with Gasteiger partial charge in [0, 0.05) is 5.57 Å². The second-order valence-corrected chi connectivity index (χ2v) is 4.15. The molecule has 0 bridgehead atoms. The Labute approximate surface area is 81.3 Å². The van der Waals surface area contributed by atoms with Gasteiger partial charge in [0.1, 0.15) is 0 Å². The second kappa shape index (κ2) is 4.87. The monoisotopic (exact) mass is 222 g/mol. The molecule has 0 saturated heterocycles. The van der Waals surface area contributed by atoms with Crippen molar-refractivity contribution >= 4 is 22.1 Å². The highest BCUT2D eigenvalue weighted by Gasteiger charge is 2.14. The van der Waals surface area contributed by atoms with Gasteiger partial charge in [-0.15, -0.1) is 0 Å². The zero-order valence-electron chi connectivity index (χ0n) is 7.52. The minimum absolute atomic E-state index is 0.0326. The molecule has 0 spiro atoms. The van der Waals surface area contributed by atoms with Crippen LogP contribution in [-0.2, 0) is 24.4 Å². The second-order valence-electron chi connectivity index (χ2n) is 2.58. The first-order chi connectivity index (χ1) is 6.22. The summed E-state index contributed by atoms with van der Waals surface area (Å²) >= 11 is 0. The third-order valence-corrected chi connectivity index (χ3v) is 1.84. The summed E-state index contributed by atoms with van der Waals surface area (Å²) < 4.78 is 32.8. The van der Waals surface area contributed by atoms with Crippen LogP contribution in [0.5, 0.6) is 0 Å². The maximum Gasteiger partial charge on any atom is 0.340 e. The highest BCUT2D eigenvalue weighted by molar-refractivity contribution is 7.85. The molecule has 14 heavy (non-hydrogen) atoms. The van der Waals surface area contributed by atoms with E-state index in [-0.39, 0.29) is 5.57 Å². The molecule has 0 unspecified atom stereocenters. The number of hydrogen-bond acceptors (Lipinski definition) is 5. The van der Waals surface area contributed by atoms with Crippen LogP contribution in [-0.4, -0.2) is 30.7 Å². The fraction of sp³-hybridized carbons (Fsp3) is 0.429. The van der Waals surface area contributed by atoms with Crippen molar-refractivity contribution in [3.63, 3.8) is 0 Å². The first kappa shape index (κ1) is 12.8. The number of carbonyl (C=O) groups excluding carboxylic acids is 2. The van der Waals surface area contributed by atoms with Gasteiger partial charge in [-0.25, -0.2) is 4.79 Å². The molecule has 0 aromatic rings. The summed E-state index contributed by atoms with van der Waals surface area (Å²) in [4.78, 5) is 21.5. The average Bonchev–Trinajstić information content (AvgIpc) is 1.99. The van der Waals surface area contributed by atoms with Crippen LogP contribution in [0.3, 0.4) is 0 Å². The Kier molecular flexibility index (Phi) is 4.45. The maximum absolute atomic E-state index is 10.7. The van der Waals surface area contributed by atoms with Crippen LogP contribution < -0.4 is 0 Å². The van der Waals surface area contributed by atoms with Crippen molar-refractivity contribution in [2.24, 2.45) is 0 Å². The lowest BCUT2D eigenvalue weighted by molar-refractivity contribution is -0.156. The van der Waals surface area contributed by atoms with Gasteiger partial charge in [0.25, 0.3) is 10.1 Å². The summed E-state index contributed by atoms with van der Waals surface area (Å²) in [5, 5.41) is 0. The summed E-state index contributed by atoms with van der Waals surface area (Å²) in [6.45, 7) is 4.57. The predicted molar refractivity (Wildman–Crippen MR) is 46.9 cm³/mol. The van der Waals surface area contributed by atoms with Gasteiger partial charge in [0.2, 0.25) is 0 Å². The molecule has 1 N–H and O–H groups in total. The average molecular weight is 222 g/mol. The van der Waals surface area contributed by atoms with Crippen LogP contribution in [0.1, 0.15) is 13.3 Å². The number of rotatable bonds is 4. The fourth-order valence-electron chi connectivity index (χ4n) is 0.454.